The summed E-state index contributed by atoms with van der Waals surface area (Å²) < 4.78 is 0. The molecular formula is C17H12N4O2. The van der Waals surface area contributed by atoms with Gasteiger partial charge in [0, 0.05) is 17.1 Å². The van der Waals surface area contributed by atoms with E-state index in [-0.39, 0.29) is 11.0 Å². The molecule has 0 unspecified atom stereocenters. The first-order valence-electron chi connectivity index (χ1n) is 7.09. The number of nitrogens with one attached hydrogen (secondary N) is 3. The average molecular weight is 304 g/mol. The number of aromatic amines is 2. The molecule has 2 heterocycles. The van der Waals surface area contributed by atoms with Crippen molar-refractivity contribution >= 4 is 33.8 Å². The molecule has 4 rings (SSSR count). The third kappa shape index (κ3) is 2.26. The van der Waals surface area contributed by atoms with Gasteiger partial charge in [0.05, 0.1) is 11.0 Å². The summed E-state index contributed by atoms with van der Waals surface area (Å²) in [6, 6.07) is 14.5. The van der Waals surface area contributed by atoms with Crippen molar-refractivity contribution in [3.63, 3.8) is 0 Å². The molecule has 4 aromatic rings. The zero-order valence-electron chi connectivity index (χ0n) is 12.0. The monoisotopic (exact) mass is 304 g/mol. The second-order valence-corrected chi connectivity index (χ2v) is 5.13. The fourth-order valence-corrected chi connectivity index (χ4v) is 2.52. The predicted molar refractivity (Wildman–Crippen MR) is 88.6 cm³/mol. The molecule has 0 aliphatic rings. The molecule has 0 bridgehead atoms. The second-order valence-electron chi connectivity index (χ2n) is 5.13. The topological polar surface area (TPSA) is 90.6 Å². The Bertz CT molecular complexity index is 1060. The van der Waals surface area contributed by atoms with Crippen molar-refractivity contribution in [2.75, 3.05) is 5.32 Å². The first kappa shape index (κ1) is 13.3. The number of para-hydroxylation sites is 3. The zero-order valence-corrected chi connectivity index (χ0v) is 12.0. The van der Waals surface area contributed by atoms with Gasteiger partial charge in [-0.3, -0.25) is 14.9 Å². The Morgan fingerprint density at radius 2 is 1.74 bits per heavy atom. The van der Waals surface area contributed by atoms with E-state index in [2.05, 4.69) is 20.3 Å². The summed E-state index contributed by atoms with van der Waals surface area (Å²) in [4.78, 5) is 35.0. The summed E-state index contributed by atoms with van der Waals surface area (Å²) in [5.41, 5.74) is 1.99. The van der Waals surface area contributed by atoms with Crippen LogP contribution in [-0.2, 0) is 0 Å². The highest BCUT2D eigenvalue weighted by Gasteiger charge is 2.14. The molecule has 0 saturated carbocycles. The van der Waals surface area contributed by atoms with E-state index >= 15 is 0 Å². The highest BCUT2D eigenvalue weighted by molar-refractivity contribution is 6.05. The molecule has 23 heavy (non-hydrogen) atoms. The molecule has 112 valence electrons. The lowest BCUT2D eigenvalue weighted by Crippen LogP contribution is -2.22. The number of hydrogen-bond donors (Lipinski definition) is 3. The maximum absolute atomic E-state index is 12.4. The van der Waals surface area contributed by atoms with Gasteiger partial charge in [-0.15, -0.1) is 0 Å². The SMILES string of the molecule is O=C(Nc1nc2ccccc2[nH]1)c1c[nH]c2ccccc2c1=O. The minimum Gasteiger partial charge on any atom is -0.360 e. The number of H-pyrrole nitrogens is 2. The number of fused-ring (bicyclic) bond motifs is 2. The standard InChI is InChI=1S/C17H12N4O2/c22-15-10-5-1-2-6-12(10)18-9-11(15)16(23)21-17-19-13-7-3-4-8-14(13)20-17/h1-9H,(H,18,22)(H2,19,20,21,23). The van der Waals surface area contributed by atoms with Crippen LogP contribution in [0, 0.1) is 0 Å². The van der Waals surface area contributed by atoms with Crippen molar-refractivity contribution in [2.45, 2.75) is 0 Å². The van der Waals surface area contributed by atoms with Crippen LogP contribution in [0.4, 0.5) is 5.95 Å². The average Bonchev–Trinajstić information content (AvgIpc) is 2.97. The second kappa shape index (κ2) is 5.10. The van der Waals surface area contributed by atoms with Crippen molar-refractivity contribution in [1.82, 2.24) is 15.0 Å². The van der Waals surface area contributed by atoms with Crippen LogP contribution in [0.5, 0.6) is 0 Å². The highest BCUT2D eigenvalue weighted by Crippen LogP contribution is 2.14. The third-order valence-corrected chi connectivity index (χ3v) is 3.65. The summed E-state index contributed by atoms with van der Waals surface area (Å²) in [5.74, 6) is -0.195. The molecule has 0 spiro atoms. The molecule has 6 nitrogen and oxygen atoms in total. The number of nitrogens with zero attached hydrogens (tertiary/aromatic N) is 1. The van der Waals surface area contributed by atoms with Gasteiger partial charge in [-0.05, 0) is 24.3 Å². The normalized spacial score (nSPS) is 11.0. The zero-order chi connectivity index (χ0) is 15.8. The lowest BCUT2D eigenvalue weighted by Gasteiger charge is -2.03. The van der Waals surface area contributed by atoms with Crippen LogP contribution in [0.2, 0.25) is 0 Å². The summed E-state index contributed by atoms with van der Waals surface area (Å²) in [6.45, 7) is 0. The quantitative estimate of drug-likeness (QED) is 0.531. The highest BCUT2D eigenvalue weighted by atomic mass is 16.2. The summed E-state index contributed by atoms with van der Waals surface area (Å²) >= 11 is 0. The first-order valence-corrected chi connectivity index (χ1v) is 7.09. The van der Waals surface area contributed by atoms with Gasteiger partial charge in [0.1, 0.15) is 5.56 Å². The lowest BCUT2D eigenvalue weighted by atomic mass is 10.1. The van der Waals surface area contributed by atoms with Gasteiger partial charge in [-0.25, -0.2) is 4.98 Å². The van der Waals surface area contributed by atoms with E-state index in [1.807, 2.05) is 30.3 Å². The number of rotatable bonds is 2. The van der Waals surface area contributed by atoms with Crippen molar-refractivity contribution < 1.29 is 4.79 Å². The molecule has 0 aliphatic heterocycles. The van der Waals surface area contributed by atoms with E-state index < -0.39 is 5.91 Å². The number of benzene rings is 2. The van der Waals surface area contributed by atoms with Crippen LogP contribution in [-0.4, -0.2) is 20.9 Å². The minimum absolute atomic E-state index is 0.0455. The van der Waals surface area contributed by atoms with Crippen molar-refractivity contribution in [3.8, 4) is 0 Å². The molecule has 0 atom stereocenters. The summed E-state index contributed by atoms with van der Waals surface area (Å²) in [7, 11) is 0. The van der Waals surface area contributed by atoms with E-state index in [9.17, 15) is 9.59 Å². The number of anilines is 1. The number of carbonyl (C=O) groups excluding carboxylic acids is 1. The van der Waals surface area contributed by atoms with E-state index in [1.54, 1.807) is 18.2 Å². The van der Waals surface area contributed by atoms with Crippen molar-refractivity contribution in [2.24, 2.45) is 0 Å². The molecule has 0 radical (unpaired) electrons. The smallest absolute Gasteiger partial charge is 0.263 e. The Hall–Kier alpha value is -3.41. The molecule has 1 amide bonds. The van der Waals surface area contributed by atoms with Crippen LogP contribution >= 0.6 is 0 Å². The van der Waals surface area contributed by atoms with Gasteiger partial charge in [0.25, 0.3) is 5.91 Å². The lowest BCUT2D eigenvalue weighted by molar-refractivity contribution is 0.102. The molecule has 2 aromatic carbocycles. The Kier molecular flexibility index (Phi) is 2.94. The molecule has 0 fully saturated rings. The van der Waals surface area contributed by atoms with Gasteiger partial charge >= 0.3 is 0 Å². The van der Waals surface area contributed by atoms with Crippen LogP contribution in [0.1, 0.15) is 10.4 Å². The minimum atomic E-state index is -0.504. The Morgan fingerprint density at radius 1 is 1.00 bits per heavy atom. The fourth-order valence-electron chi connectivity index (χ4n) is 2.52. The Labute approximate surface area is 130 Å². The first-order chi connectivity index (χ1) is 11.2. The molecule has 6 heteroatoms. The number of amides is 1. The summed E-state index contributed by atoms with van der Waals surface area (Å²) in [6.07, 6.45) is 1.42. The van der Waals surface area contributed by atoms with E-state index in [4.69, 9.17) is 0 Å². The fraction of sp³-hybridized carbons (Fsp3) is 0. The van der Waals surface area contributed by atoms with Crippen molar-refractivity contribution in [3.05, 3.63) is 70.5 Å². The Balaban J connectivity index is 1.71. The number of hydrogen-bond acceptors (Lipinski definition) is 3. The molecule has 2 aromatic heterocycles. The number of pyridine rings is 1. The van der Waals surface area contributed by atoms with Crippen molar-refractivity contribution in [1.29, 1.82) is 0 Å². The third-order valence-electron chi connectivity index (χ3n) is 3.65. The molecule has 0 aliphatic carbocycles. The molecule has 3 N–H and O–H groups in total. The van der Waals surface area contributed by atoms with Crippen LogP contribution in [0.25, 0.3) is 21.9 Å². The maximum atomic E-state index is 12.4. The van der Waals surface area contributed by atoms with Crippen LogP contribution in [0.15, 0.2) is 59.5 Å². The van der Waals surface area contributed by atoms with Gasteiger partial charge in [-0.2, -0.15) is 0 Å². The maximum Gasteiger partial charge on any atom is 0.263 e. The molecular weight excluding hydrogens is 292 g/mol. The number of carbonyl (C=O) groups is 1. The number of imidazole rings is 1. The van der Waals surface area contributed by atoms with Crippen LogP contribution < -0.4 is 10.7 Å². The van der Waals surface area contributed by atoms with Gasteiger partial charge in [0.15, 0.2) is 0 Å². The predicted octanol–water partition coefficient (Wildman–Crippen LogP) is 2.66. The molecule has 0 saturated heterocycles. The van der Waals surface area contributed by atoms with Gasteiger partial charge in [-0.1, -0.05) is 24.3 Å². The number of aromatic nitrogens is 3. The largest absolute Gasteiger partial charge is 0.360 e. The van der Waals surface area contributed by atoms with Gasteiger partial charge < -0.3 is 9.97 Å². The Morgan fingerprint density at radius 3 is 2.57 bits per heavy atom. The van der Waals surface area contributed by atoms with E-state index in [0.717, 1.165) is 11.0 Å². The summed E-state index contributed by atoms with van der Waals surface area (Å²) in [5, 5.41) is 3.10. The van der Waals surface area contributed by atoms with Crippen LogP contribution in [0.3, 0.4) is 0 Å². The van der Waals surface area contributed by atoms with E-state index in [0.29, 0.717) is 16.9 Å². The van der Waals surface area contributed by atoms with E-state index in [1.165, 1.54) is 6.20 Å². The van der Waals surface area contributed by atoms with Gasteiger partial charge in [0.2, 0.25) is 11.4 Å².